The van der Waals surface area contributed by atoms with Gasteiger partial charge < -0.3 is 24.6 Å². The smallest absolute Gasteiger partial charge is 0.325 e. The standard InChI is InChI=1S/C29H36N4O5/c1-36-21-16-24-22(8-5-10-25(24)31-17-21)27(29(34)35)33-13-11-20(18-33)38-14-4-3-7-19-15-26(37-2)23-9-6-12-30-28(23)32-19/h5,8,10,15-17,20,27H,3-4,6-7,9,11-14,18H2,1-2H3,(H,30,32)(H,34,35). The molecule has 9 heteroatoms. The van der Waals surface area contributed by atoms with Crippen molar-refractivity contribution in [2.24, 2.45) is 0 Å². The summed E-state index contributed by atoms with van der Waals surface area (Å²) in [7, 11) is 3.30. The van der Waals surface area contributed by atoms with Crippen LogP contribution in [-0.4, -0.2) is 72.5 Å². The third kappa shape index (κ3) is 5.68. The van der Waals surface area contributed by atoms with Crippen LogP contribution < -0.4 is 14.8 Å². The van der Waals surface area contributed by atoms with E-state index in [-0.39, 0.29) is 6.10 Å². The number of pyridine rings is 2. The summed E-state index contributed by atoms with van der Waals surface area (Å²) in [5.41, 5.74) is 3.69. The lowest BCUT2D eigenvalue weighted by Crippen LogP contribution is -2.33. The van der Waals surface area contributed by atoms with Crippen molar-refractivity contribution in [2.45, 2.75) is 50.7 Å². The van der Waals surface area contributed by atoms with Gasteiger partial charge in [-0.15, -0.1) is 0 Å². The number of hydrogen-bond acceptors (Lipinski definition) is 8. The Kier molecular flexibility index (Phi) is 8.24. The molecule has 0 saturated carbocycles. The van der Waals surface area contributed by atoms with Crippen molar-refractivity contribution in [3.8, 4) is 11.5 Å². The molecule has 5 rings (SSSR count). The van der Waals surface area contributed by atoms with Crippen LogP contribution in [0.5, 0.6) is 11.5 Å². The monoisotopic (exact) mass is 520 g/mol. The highest BCUT2D eigenvalue weighted by Gasteiger charge is 2.35. The number of rotatable bonds is 11. The normalized spacial score (nSPS) is 18.1. The first kappa shape index (κ1) is 26.2. The molecule has 1 aromatic carbocycles. The predicted molar refractivity (Wildman–Crippen MR) is 145 cm³/mol. The molecule has 3 aromatic rings. The zero-order valence-electron chi connectivity index (χ0n) is 22.1. The van der Waals surface area contributed by atoms with Crippen molar-refractivity contribution in [1.29, 1.82) is 0 Å². The van der Waals surface area contributed by atoms with Crippen LogP contribution >= 0.6 is 0 Å². The van der Waals surface area contributed by atoms with Crippen LogP contribution in [0.4, 0.5) is 5.82 Å². The second-order valence-electron chi connectivity index (χ2n) is 9.94. The summed E-state index contributed by atoms with van der Waals surface area (Å²) < 4.78 is 17.1. The summed E-state index contributed by atoms with van der Waals surface area (Å²) in [6.07, 6.45) is 7.33. The number of carbonyl (C=O) groups is 1. The number of likely N-dealkylation sites (tertiary alicyclic amines) is 1. The number of nitrogens with one attached hydrogen (secondary N) is 1. The summed E-state index contributed by atoms with van der Waals surface area (Å²) >= 11 is 0. The summed E-state index contributed by atoms with van der Waals surface area (Å²) in [5.74, 6) is 1.62. The van der Waals surface area contributed by atoms with E-state index in [4.69, 9.17) is 19.2 Å². The zero-order chi connectivity index (χ0) is 26.5. The Morgan fingerprint density at radius 1 is 1.24 bits per heavy atom. The molecule has 9 nitrogen and oxygen atoms in total. The molecule has 0 aliphatic carbocycles. The fourth-order valence-electron chi connectivity index (χ4n) is 5.54. The number of ether oxygens (including phenoxy) is 3. The largest absolute Gasteiger partial charge is 0.496 e. The Bertz CT molecular complexity index is 1270. The molecule has 2 atom stereocenters. The van der Waals surface area contributed by atoms with Gasteiger partial charge in [0.05, 0.1) is 32.0 Å². The molecule has 2 aromatic heterocycles. The van der Waals surface area contributed by atoms with Gasteiger partial charge >= 0.3 is 5.97 Å². The summed E-state index contributed by atoms with van der Waals surface area (Å²) in [5, 5.41) is 14.4. The lowest BCUT2D eigenvalue weighted by Gasteiger charge is -2.25. The summed E-state index contributed by atoms with van der Waals surface area (Å²) in [4.78, 5) is 23.6. The van der Waals surface area contributed by atoms with E-state index in [1.165, 1.54) is 5.56 Å². The minimum Gasteiger partial charge on any atom is -0.496 e. The number of anilines is 1. The fraction of sp³-hybridized carbons (Fsp3) is 0.483. The van der Waals surface area contributed by atoms with Gasteiger partial charge in [0, 0.05) is 49.0 Å². The number of benzene rings is 1. The van der Waals surface area contributed by atoms with Crippen molar-refractivity contribution in [3.05, 3.63) is 53.3 Å². The molecule has 1 fully saturated rings. The lowest BCUT2D eigenvalue weighted by molar-refractivity contribution is -0.143. The van der Waals surface area contributed by atoms with E-state index in [0.29, 0.717) is 25.4 Å². The van der Waals surface area contributed by atoms with Gasteiger partial charge in [-0.05, 0) is 56.2 Å². The maximum atomic E-state index is 12.4. The van der Waals surface area contributed by atoms with E-state index in [1.807, 2.05) is 29.2 Å². The van der Waals surface area contributed by atoms with Gasteiger partial charge in [-0.1, -0.05) is 12.1 Å². The highest BCUT2D eigenvalue weighted by Crippen LogP contribution is 2.33. The Morgan fingerprint density at radius 3 is 2.95 bits per heavy atom. The number of aromatic nitrogens is 2. The van der Waals surface area contributed by atoms with Crippen LogP contribution in [0.3, 0.4) is 0 Å². The molecule has 0 bridgehead atoms. The number of aliphatic carboxylic acids is 1. The van der Waals surface area contributed by atoms with Crippen molar-refractivity contribution in [3.63, 3.8) is 0 Å². The molecule has 0 radical (unpaired) electrons. The van der Waals surface area contributed by atoms with Crippen LogP contribution in [-0.2, 0) is 22.4 Å². The molecule has 2 unspecified atom stereocenters. The Balaban J connectivity index is 1.15. The average Bonchev–Trinajstić information content (AvgIpc) is 3.40. The number of carboxylic acid groups (broad SMARTS) is 1. The Labute approximate surface area is 223 Å². The van der Waals surface area contributed by atoms with E-state index in [1.54, 1.807) is 20.4 Å². The van der Waals surface area contributed by atoms with E-state index < -0.39 is 12.0 Å². The first-order valence-electron chi connectivity index (χ1n) is 13.4. The van der Waals surface area contributed by atoms with E-state index in [9.17, 15) is 9.90 Å². The Hall–Kier alpha value is -3.43. The van der Waals surface area contributed by atoms with Gasteiger partial charge in [-0.25, -0.2) is 4.98 Å². The van der Waals surface area contributed by atoms with Gasteiger partial charge in [-0.3, -0.25) is 14.7 Å². The molecule has 0 spiro atoms. The minimum absolute atomic E-state index is 0.0191. The lowest BCUT2D eigenvalue weighted by atomic mass is 10.00. The van der Waals surface area contributed by atoms with E-state index in [2.05, 4.69) is 16.4 Å². The van der Waals surface area contributed by atoms with Gasteiger partial charge in [0.25, 0.3) is 0 Å². The van der Waals surface area contributed by atoms with Crippen molar-refractivity contribution >= 4 is 22.7 Å². The molecule has 1 saturated heterocycles. The number of fused-ring (bicyclic) bond motifs is 2. The SMILES string of the molecule is COc1cnc2cccc(C(C(=O)O)N3CCC(OCCCCc4cc(OC)c5c(n4)NCCC5)C3)c2c1. The summed E-state index contributed by atoms with van der Waals surface area (Å²) in [6.45, 7) is 2.85. The highest BCUT2D eigenvalue weighted by atomic mass is 16.5. The van der Waals surface area contributed by atoms with Crippen molar-refractivity contribution in [1.82, 2.24) is 14.9 Å². The van der Waals surface area contributed by atoms with Crippen molar-refractivity contribution in [2.75, 3.05) is 45.8 Å². The van der Waals surface area contributed by atoms with Crippen LogP contribution in [0.1, 0.15) is 48.5 Å². The van der Waals surface area contributed by atoms with Gasteiger partial charge in [0.2, 0.25) is 0 Å². The van der Waals surface area contributed by atoms with Crippen molar-refractivity contribution < 1.29 is 24.1 Å². The number of aryl methyl sites for hydroxylation is 1. The molecule has 2 N–H and O–H groups in total. The van der Waals surface area contributed by atoms with Crippen LogP contribution in [0, 0.1) is 0 Å². The van der Waals surface area contributed by atoms with Crippen LogP contribution in [0.2, 0.25) is 0 Å². The molecule has 0 amide bonds. The second kappa shape index (κ2) is 12.0. The topological polar surface area (TPSA) is 106 Å². The second-order valence-corrected chi connectivity index (χ2v) is 9.94. The molecule has 2 aliphatic heterocycles. The van der Waals surface area contributed by atoms with E-state index >= 15 is 0 Å². The molecular formula is C29H36N4O5. The maximum absolute atomic E-state index is 12.4. The first-order chi connectivity index (χ1) is 18.6. The molecule has 4 heterocycles. The minimum atomic E-state index is -0.872. The van der Waals surface area contributed by atoms with Crippen LogP contribution in [0.25, 0.3) is 10.9 Å². The predicted octanol–water partition coefficient (Wildman–Crippen LogP) is 4.24. The van der Waals surface area contributed by atoms with Gasteiger partial charge in [0.1, 0.15) is 23.4 Å². The highest BCUT2D eigenvalue weighted by molar-refractivity contribution is 5.89. The van der Waals surface area contributed by atoms with Gasteiger partial charge in [0.15, 0.2) is 0 Å². The van der Waals surface area contributed by atoms with Crippen LogP contribution in [0.15, 0.2) is 36.5 Å². The van der Waals surface area contributed by atoms with E-state index in [0.717, 1.165) is 78.8 Å². The number of carboxylic acids is 1. The van der Waals surface area contributed by atoms with Gasteiger partial charge in [-0.2, -0.15) is 0 Å². The summed E-state index contributed by atoms with van der Waals surface area (Å²) in [6, 6.07) is 8.78. The molecule has 2 aliphatic rings. The third-order valence-corrected chi connectivity index (χ3v) is 7.47. The zero-order valence-corrected chi connectivity index (χ0v) is 22.1. The maximum Gasteiger partial charge on any atom is 0.325 e. The molecular weight excluding hydrogens is 484 g/mol. The Morgan fingerprint density at radius 2 is 2.13 bits per heavy atom. The first-order valence-corrected chi connectivity index (χ1v) is 13.4. The molecule has 202 valence electrons. The number of unbranched alkanes of at least 4 members (excludes halogenated alkanes) is 1. The average molecular weight is 521 g/mol. The number of methoxy groups -OCH3 is 2. The fourth-order valence-corrected chi connectivity index (χ4v) is 5.54. The number of hydrogen-bond donors (Lipinski definition) is 2. The quantitative estimate of drug-likeness (QED) is 0.359. The third-order valence-electron chi connectivity index (χ3n) is 7.47. The number of nitrogens with zero attached hydrogens (tertiary/aromatic N) is 3. The molecule has 38 heavy (non-hydrogen) atoms.